The quantitative estimate of drug-likeness (QED) is 0.361. The molecule has 0 amide bonds. The highest BCUT2D eigenvalue weighted by Gasteiger charge is 2.19. The maximum atomic E-state index is 4.84. The summed E-state index contributed by atoms with van der Waals surface area (Å²) in [6.07, 6.45) is 7.16. The molecule has 1 aromatic rings. The zero-order valence-corrected chi connectivity index (χ0v) is 18.3. The Bertz CT molecular complexity index is 536. The molecule has 1 aromatic carbocycles. The first-order chi connectivity index (χ1) is 13.2. The predicted molar refractivity (Wildman–Crippen MR) is 121 cm³/mol. The highest BCUT2D eigenvalue weighted by molar-refractivity contribution is 7.98. The lowest BCUT2D eigenvalue weighted by Crippen LogP contribution is -2.39. The predicted octanol–water partition coefficient (Wildman–Crippen LogP) is 3.91. The van der Waals surface area contributed by atoms with Crippen molar-refractivity contribution >= 4 is 17.7 Å². The van der Waals surface area contributed by atoms with E-state index in [1.165, 1.54) is 55.7 Å². The van der Waals surface area contributed by atoms with Crippen molar-refractivity contribution in [1.82, 2.24) is 15.5 Å². The number of unbranched alkanes of at least 4 members (excludes halogenated alkanes) is 1. The molecule has 27 heavy (non-hydrogen) atoms. The number of hydrogen-bond donors (Lipinski definition) is 2. The van der Waals surface area contributed by atoms with Crippen LogP contribution in [0.15, 0.2) is 29.3 Å². The average molecular weight is 391 g/mol. The van der Waals surface area contributed by atoms with E-state index in [9.17, 15) is 0 Å². The molecule has 0 aliphatic carbocycles. The second-order valence-corrected chi connectivity index (χ2v) is 8.54. The second kappa shape index (κ2) is 13.1. The molecule has 0 spiro atoms. The molecule has 1 heterocycles. The number of nitrogens with zero attached hydrogens (tertiary/aromatic N) is 2. The Morgan fingerprint density at radius 2 is 1.89 bits per heavy atom. The van der Waals surface area contributed by atoms with Crippen LogP contribution < -0.4 is 10.6 Å². The minimum absolute atomic E-state index is 0.714. The van der Waals surface area contributed by atoms with Crippen molar-refractivity contribution in [1.29, 1.82) is 0 Å². The number of aryl methyl sites for hydroxylation is 1. The zero-order chi connectivity index (χ0) is 19.3. The van der Waals surface area contributed by atoms with Crippen molar-refractivity contribution in [2.45, 2.75) is 46.1 Å². The molecule has 1 saturated heterocycles. The summed E-state index contributed by atoms with van der Waals surface area (Å²) in [6, 6.07) is 8.96. The molecule has 0 atom stereocenters. The summed E-state index contributed by atoms with van der Waals surface area (Å²) in [5, 5.41) is 6.87. The number of rotatable bonds is 10. The molecule has 152 valence electrons. The minimum Gasteiger partial charge on any atom is -0.357 e. The number of aliphatic imine (C=N–C) groups is 1. The molecule has 2 N–H and O–H groups in total. The van der Waals surface area contributed by atoms with Gasteiger partial charge in [0.25, 0.3) is 0 Å². The van der Waals surface area contributed by atoms with Gasteiger partial charge in [-0.1, -0.05) is 29.8 Å². The highest BCUT2D eigenvalue weighted by atomic mass is 32.2. The van der Waals surface area contributed by atoms with Gasteiger partial charge in [0.1, 0.15) is 0 Å². The lowest BCUT2D eigenvalue weighted by Gasteiger charge is -2.31. The van der Waals surface area contributed by atoms with E-state index in [1.807, 2.05) is 11.8 Å². The molecule has 1 fully saturated rings. The van der Waals surface area contributed by atoms with Gasteiger partial charge in [-0.15, -0.1) is 0 Å². The van der Waals surface area contributed by atoms with Crippen LogP contribution in [0.3, 0.4) is 0 Å². The Balaban J connectivity index is 1.69. The minimum atomic E-state index is 0.714. The molecular weight excluding hydrogens is 352 g/mol. The SMILES string of the molecule is CCNC(=NCC1CCN(Cc2ccc(C)cc2)CC1)NCCCCSC. The van der Waals surface area contributed by atoms with Gasteiger partial charge in [0.05, 0.1) is 0 Å². The van der Waals surface area contributed by atoms with Gasteiger partial charge in [0.2, 0.25) is 0 Å². The number of benzene rings is 1. The van der Waals surface area contributed by atoms with Crippen molar-refractivity contribution in [3.63, 3.8) is 0 Å². The Morgan fingerprint density at radius 1 is 1.15 bits per heavy atom. The second-order valence-electron chi connectivity index (χ2n) is 7.55. The van der Waals surface area contributed by atoms with Crippen LogP contribution in [0.4, 0.5) is 0 Å². The number of guanidine groups is 1. The normalized spacial score (nSPS) is 16.5. The number of hydrogen-bond acceptors (Lipinski definition) is 3. The van der Waals surface area contributed by atoms with E-state index in [0.29, 0.717) is 5.92 Å². The van der Waals surface area contributed by atoms with Crippen molar-refractivity contribution in [3.8, 4) is 0 Å². The highest BCUT2D eigenvalue weighted by Crippen LogP contribution is 2.19. The summed E-state index contributed by atoms with van der Waals surface area (Å²) in [4.78, 5) is 7.43. The first-order valence-electron chi connectivity index (χ1n) is 10.5. The monoisotopic (exact) mass is 390 g/mol. The molecule has 0 bridgehead atoms. The van der Waals surface area contributed by atoms with Gasteiger partial charge in [0.15, 0.2) is 5.96 Å². The van der Waals surface area contributed by atoms with Crippen molar-refractivity contribution in [2.24, 2.45) is 10.9 Å². The maximum Gasteiger partial charge on any atom is 0.191 e. The Labute approximate surface area is 170 Å². The van der Waals surface area contributed by atoms with Gasteiger partial charge in [-0.05, 0) is 76.1 Å². The summed E-state index contributed by atoms with van der Waals surface area (Å²) in [6.45, 7) is 10.6. The zero-order valence-electron chi connectivity index (χ0n) is 17.5. The van der Waals surface area contributed by atoms with E-state index in [2.05, 4.69) is 59.9 Å². The van der Waals surface area contributed by atoms with Crippen LogP contribution in [0.25, 0.3) is 0 Å². The lowest BCUT2D eigenvalue weighted by atomic mass is 9.96. The third-order valence-electron chi connectivity index (χ3n) is 5.15. The molecule has 0 unspecified atom stereocenters. The van der Waals surface area contributed by atoms with Crippen molar-refractivity contribution < 1.29 is 0 Å². The molecule has 2 rings (SSSR count). The Kier molecular flexibility index (Phi) is 10.7. The Morgan fingerprint density at radius 3 is 2.56 bits per heavy atom. The summed E-state index contributed by atoms with van der Waals surface area (Å²) in [5.41, 5.74) is 2.77. The van der Waals surface area contributed by atoms with E-state index in [0.717, 1.165) is 32.1 Å². The molecule has 5 heteroatoms. The fraction of sp³-hybridized carbons (Fsp3) is 0.682. The Hall–Kier alpha value is -1.20. The molecule has 0 saturated carbocycles. The van der Waals surface area contributed by atoms with Crippen LogP contribution in [0.1, 0.15) is 43.7 Å². The number of piperidine rings is 1. The standard InChI is InChI=1S/C22H38N4S/c1-4-23-22(24-13-5-6-16-27-3)25-17-20-11-14-26(15-12-20)18-21-9-7-19(2)8-10-21/h7-10,20H,4-6,11-18H2,1-3H3,(H2,23,24,25). The van der Waals surface area contributed by atoms with E-state index in [-0.39, 0.29) is 0 Å². The number of nitrogens with one attached hydrogen (secondary N) is 2. The van der Waals surface area contributed by atoms with Crippen LogP contribution in [0.5, 0.6) is 0 Å². The van der Waals surface area contributed by atoms with Gasteiger partial charge in [-0.25, -0.2) is 0 Å². The van der Waals surface area contributed by atoms with E-state index >= 15 is 0 Å². The number of thioether (sulfide) groups is 1. The van der Waals surface area contributed by atoms with Gasteiger partial charge < -0.3 is 10.6 Å². The van der Waals surface area contributed by atoms with E-state index < -0.39 is 0 Å². The third-order valence-corrected chi connectivity index (χ3v) is 5.85. The average Bonchev–Trinajstić information content (AvgIpc) is 2.69. The number of likely N-dealkylation sites (tertiary alicyclic amines) is 1. The van der Waals surface area contributed by atoms with E-state index in [4.69, 9.17) is 4.99 Å². The van der Waals surface area contributed by atoms with Crippen LogP contribution >= 0.6 is 11.8 Å². The fourth-order valence-corrected chi connectivity index (χ4v) is 3.91. The summed E-state index contributed by atoms with van der Waals surface area (Å²) in [7, 11) is 0. The lowest BCUT2D eigenvalue weighted by molar-refractivity contribution is 0.180. The molecule has 0 radical (unpaired) electrons. The topological polar surface area (TPSA) is 39.7 Å². The smallest absolute Gasteiger partial charge is 0.191 e. The van der Waals surface area contributed by atoms with Gasteiger partial charge in [0, 0.05) is 26.2 Å². The van der Waals surface area contributed by atoms with Crippen LogP contribution in [0, 0.1) is 12.8 Å². The van der Waals surface area contributed by atoms with Gasteiger partial charge in [-0.3, -0.25) is 9.89 Å². The molecule has 0 aromatic heterocycles. The van der Waals surface area contributed by atoms with Gasteiger partial charge >= 0.3 is 0 Å². The summed E-state index contributed by atoms with van der Waals surface area (Å²) >= 11 is 1.92. The summed E-state index contributed by atoms with van der Waals surface area (Å²) < 4.78 is 0. The maximum absolute atomic E-state index is 4.84. The fourth-order valence-electron chi connectivity index (χ4n) is 3.42. The summed E-state index contributed by atoms with van der Waals surface area (Å²) in [5.74, 6) is 2.95. The first-order valence-corrected chi connectivity index (χ1v) is 11.9. The van der Waals surface area contributed by atoms with Crippen molar-refractivity contribution in [3.05, 3.63) is 35.4 Å². The van der Waals surface area contributed by atoms with Gasteiger partial charge in [-0.2, -0.15) is 11.8 Å². The largest absolute Gasteiger partial charge is 0.357 e. The first kappa shape index (κ1) is 22.1. The van der Waals surface area contributed by atoms with Crippen LogP contribution in [-0.4, -0.2) is 55.6 Å². The molecule has 4 nitrogen and oxygen atoms in total. The van der Waals surface area contributed by atoms with E-state index in [1.54, 1.807) is 0 Å². The third kappa shape index (κ3) is 9.02. The molecular formula is C22H38N4S. The van der Waals surface area contributed by atoms with Crippen LogP contribution in [0.2, 0.25) is 0 Å². The molecule has 1 aliphatic heterocycles. The van der Waals surface area contributed by atoms with Crippen LogP contribution in [-0.2, 0) is 6.54 Å². The van der Waals surface area contributed by atoms with Crippen molar-refractivity contribution in [2.75, 3.05) is 44.7 Å². The molecule has 1 aliphatic rings.